The van der Waals surface area contributed by atoms with Crippen molar-refractivity contribution in [2.24, 2.45) is 11.8 Å². The van der Waals surface area contributed by atoms with Crippen molar-refractivity contribution < 1.29 is 34.1 Å². The second-order valence-electron chi connectivity index (χ2n) is 6.58. The summed E-state index contributed by atoms with van der Waals surface area (Å²) in [5.74, 6) is -5.46. The van der Waals surface area contributed by atoms with Crippen LogP contribution < -0.4 is 0 Å². The molecular weight excluding hydrogens is 340 g/mol. The molecule has 0 spiro atoms. The molecule has 7 heteroatoms. The van der Waals surface area contributed by atoms with Crippen LogP contribution in [-0.2, 0) is 23.9 Å². The van der Waals surface area contributed by atoms with E-state index in [0.717, 1.165) is 0 Å². The van der Waals surface area contributed by atoms with Gasteiger partial charge in [-0.1, -0.05) is 12.1 Å². The molecule has 0 heterocycles. The Hall–Kier alpha value is -2.41. The lowest BCUT2D eigenvalue weighted by Crippen LogP contribution is -2.55. The molecule has 0 bridgehead atoms. The van der Waals surface area contributed by atoms with Gasteiger partial charge in [-0.2, -0.15) is 0 Å². The normalized spacial score (nSPS) is 28.5. The van der Waals surface area contributed by atoms with E-state index >= 15 is 0 Å². The monoisotopic (exact) mass is 364 g/mol. The summed E-state index contributed by atoms with van der Waals surface area (Å²) >= 11 is 0. The zero-order valence-corrected chi connectivity index (χ0v) is 15.1. The molecular formula is C19H24O7. The van der Waals surface area contributed by atoms with Crippen molar-refractivity contribution in [1.82, 2.24) is 0 Å². The van der Waals surface area contributed by atoms with E-state index in [1.165, 1.54) is 19.1 Å². The highest BCUT2D eigenvalue weighted by molar-refractivity contribution is 6.02. The van der Waals surface area contributed by atoms with E-state index in [2.05, 4.69) is 0 Å². The zero-order valence-electron chi connectivity index (χ0n) is 15.1. The van der Waals surface area contributed by atoms with Gasteiger partial charge in [-0.15, -0.1) is 0 Å². The maximum Gasteiger partial charge on any atom is 0.317 e. The first-order valence-electron chi connectivity index (χ1n) is 8.60. The second-order valence-corrected chi connectivity index (χ2v) is 6.58. The molecule has 1 fully saturated rings. The van der Waals surface area contributed by atoms with E-state index < -0.39 is 41.1 Å². The first kappa shape index (κ1) is 19.9. The van der Waals surface area contributed by atoms with Gasteiger partial charge >= 0.3 is 11.9 Å². The number of aromatic hydroxyl groups is 1. The van der Waals surface area contributed by atoms with Crippen molar-refractivity contribution >= 4 is 17.7 Å². The van der Waals surface area contributed by atoms with Gasteiger partial charge in [0.1, 0.15) is 11.7 Å². The number of carbonyl (C=O) groups is 3. The topological polar surface area (TPSA) is 110 Å². The molecule has 1 aromatic rings. The highest BCUT2D eigenvalue weighted by Gasteiger charge is 2.57. The number of rotatable bonds is 5. The summed E-state index contributed by atoms with van der Waals surface area (Å²) in [5.41, 5.74) is -1.31. The minimum absolute atomic E-state index is 0.0783. The number of carbonyl (C=O) groups excluding carboxylic acids is 3. The summed E-state index contributed by atoms with van der Waals surface area (Å²) in [6.07, 6.45) is -0.366. The summed E-state index contributed by atoms with van der Waals surface area (Å²) in [6.45, 7) is 4.80. The van der Waals surface area contributed by atoms with Crippen molar-refractivity contribution in [2.75, 3.05) is 13.2 Å². The molecule has 0 aliphatic heterocycles. The molecule has 4 atom stereocenters. The standard InChI is InChI=1S/C19H24O7/c1-4-25-17(22)15-13(21)10-19(3,24)16(18(23)26-5-2)14(15)11-7-6-8-12(20)9-11/h6-9,14-16,20,24H,4-5,10H2,1-3H3. The van der Waals surface area contributed by atoms with Crippen LogP contribution in [-0.4, -0.2) is 46.7 Å². The summed E-state index contributed by atoms with van der Waals surface area (Å²) < 4.78 is 10.1. The third-order valence-corrected chi connectivity index (χ3v) is 4.60. The van der Waals surface area contributed by atoms with E-state index in [4.69, 9.17) is 9.47 Å². The maximum atomic E-state index is 12.6. The van der Waals surface area contributed by atoms with E-state index in [1.807, 2.05) is 0 Å². The van der Waals surface area contributed by atoms with Crippen LogP contribution in [0.1, 0.15) is 38.7 Å². The van der Waals surface area contributed by atoms with Crippen molar-refractivity contribution in [1.29, 1.82) is 0 Å². The second kappa shape index (κ2) is 7.86. The van der Waals surface area contributed by atoms with Gasteiger partial charge in [-0.05, 0) is 38.5 Å². The van der Waals surface area contributed by atoms with Gasteiger partial charge in [0.2, 0.25) is 0 Å². The molecule has 7 nitrogen and oxygen atoms in total. The van der Waals surface area contributed by atoms with E-state index in [-0.39, 0.29) is 25.4 Å². The Bertz CT molecular complexity index is 695. The summed E-state index contributed by atoms with van der Waals surface area (Å²) in [4.78, 5) is 37.7. The highest BCUT2D eigenvalue weighted by atomic mass is 16.5. The predicted octanol–water partition coefficient (Wildman–Crippen LogP) is 1.56. The number of ketones is 1. The zero-order chi connectivity index (χ0) is 19.5. The number of esters is 2. The Morgan fingerprint density at radius 1 is 1.19 bits per heavy atom. The van der Waals surface area contributed by atoms with E-state index in [0.29, 0.717) is 5.56 Å². The van der Waals surface area contributed by atoms with Crippen LogP contribution in [0.2, 0.25) is 0 Å². The number of Topliss-reactive ketones (excluding diaryl/α,β-unsaturated/α-hetero) is 1. The van der Waals surface area contributed by atoms with Gasteiger partial charge in [-0.25, -0.2) is 0 Å². The number of ether oxygens (including phenoxy) is 2. The number of phenols is 1. The third-order valence-electron chi connectivity index (χ3n) is 4.60. The molecule has 2 rings (SSSR count). The molecule has 4 unspecified atom stereocenters. The molecule has 1 aliphatic carbocycles. The smallest absolute Gasteiger partial charge is 0.317 e. The van der Waals surface area contributed by atoms with Crippen molar-refractivity contribution in [3.63, 3.8) is 0 Å². The summed E-state index contributed by atoms with van der Waals surface area (Å²) in [5, 5.41) is 20.6. The Morgan fingerprint density at radius 3 is 2.38 bits per heavy atom. The lowest BCUT2D eigenvalue weighted by Gasteiger charge is -2.43. The number of hydrogen-bond donors (Lipinski definition) is 2. The van der Waals surface area contributed by atoms with E-state index in [1.54, 1.807) is 26.0 Å². The van der Waals surface area contributed by atoms with Crippen LogP contribution in [0.5, 0.6) is 5.75 Å². The van der Waals surface area contributed by atoms with Crippen LogP contribution in [0.15, 0.2) is 24.3 Å². The average molecular weight is 364 g/mol. The highest BCUT2D eigenvalue weighted by Crippen LogP contribution is 2.47. The molecule has 142 valence electrons. The summed E-state index contributed by atoms with van der Waals surface area (Å²) in [7, 11) is 0. The van der Waals surface area contributed by atoms with Gasteiger partial charge in [-0.3, -0.25) is 14.4 Å². The number of hydrogen-bond acceptors (Lipinski definition) is 7. The fourth-order valence-corrected chi connectivity index (χ4v) is 3.61. The molecule has 0 aromatic heterocycles. The first-order valence-corrected chi connectivity index (χ1v) is 8.60. The Balaban J connectivity index is 2.61. The van der Waals surface area contributed by atoms with Gasteiger partial charge in [0.05, 0.1) is 24.7 Å². The third kappa shape index (κ3) is 3.88. The van der Waals surface area contributed by atoms with Gasteiger partial charge in [0.25, 0.3) is 0 Å². The van der Waals surface area contributed by atoms with Gasteiger partial charge < -0.3 is 19.7 Å². The van der Waals surface area contributed by atoms with E-state index in [9.17, 15) is 24.6 Å². The Kier molecular flexibility index (Phi) is 6.02. The molecule has 0 saturated heterocycles. The Labute approximate surface area is 151 Å². The van der Waals surface area contributed by atoms with Crippen LogP contribution in [0.4, 0.5) is 0 Å². The van der Waals surface area contributed by atoms with Crippen molar-refractivity contribution in [3.8, 4) is 5.75 Å². The van der Waals surface area contributed by atoms with Crippen LogP contribution >= 0.6 is 0 Å². The molecule has 0 amide bonds. The molecule has 1 saturated carbocycles. The molecule has 2 N–H and O–H groups in total. The number of phenolic OH excluding ortho intramolecular Hbond substituents is 1. The minimum Gasteiger partial charge on any atom is -0.508 e. The lowest BCUT2D eigenvalue weighted by atomic mass is 9.61. The SMILES string of the molecule is CCOC(=O)C1C(=O)CC(C)(O)C(C(=O)OCC)C1c1cccc(O)c1. The largest absolute Gasteiger partial charge is 0.508 e. The Morgan fingerprint density at radius 2 is 1.81 bits per heavy atom. The number of benzene rings is 1. The maximum absolute atomic E-state index is 12.6. The quantitative estimate of drug-likeness (QED) is 0.602. The van der Waals surface area contributed by atoms with Crippen LogP contribution in [0.25, 0.3) is 0 Å². The average Bonchev–Trinajstić information content (AvgIpc) is 2.53. The lowest BCUT2D eigenvalue weighted by molar-refractivity contribution is -0.172. The molecule has 0 radical (unpaired) electrons. The predicted molar refractivity (Wildman–Crippen MR) is 91.3 cm³/mol. The first-order chi connectivity index (χ1) is 12.2. The van der Waals surface area contributed by atoms with Gasteiger partial charge in [0.15, 0.2) is 5.78 Å². The molecule has 1 aromatic carbocycles. The molecule has 1 aliphatic rings. The molecule has 26 heavy (non-hydrogen) atoms. The fraction of sp³-hybridized carbons (Fsp3) is 0.526. The van der Waals surface area contributed by atoms with Crippen molar-refractivity contribution in [2.45, 2.75) is 38.7 Å². The van der Waals surface area contributed by atoms with Crippen LogP contribution in [0, 0.1) is 11.8 Å². The van der Waals surface area contributed by atoms with Crippen LogP contribution in [0.3, 0.4) is 0 Å². The minimum atomic E-state index is -1.69. The van der Waals surface area contributed by atoms with Crippen molar-refractivity contribution in [3.05, 3.63) is 29.8 Å². The fourth-order valence-electron chi connectivity index (χ4n) is 3.61. The summed E-state index contributed by atoms with van der Waals surface area (Å²) in [6, 6.07) is 5.95. The van der Waals surface area contributed by atoms with Gasteiger partial charge in [0, 0.05) is 12.3 Å². The number of aliphatic hydroxyl groups is 1.